The highest BCUT2D eigenvalue weighted by molar-refractivity contribution is 5.26. The Labute approximate surface area is 80.4 Å². The summed E-state index contributed by atoms with van der Waals surface area (Å²) in [7, 11) is 0. The van der Waals surface area contributed by atoms with Crippen molar-refractivity contribution in [3.8, 4) is 0 Å². The Morgan fingerprint density at radius 2 is 2.08 bits per heavy atom. The SMILES string of the molecule is C1=CCCC(/C=C/N2CCCC2)=C1. The fourth-order valence-electron chi connectivity index (χ4n) is 1.85. The molecule has 0 saturated carbocycles. The largest absolute Gasteiger partial charge is 0.377 e. The van der Waals surface area contributed by atoms with Gasteiger partial charge < -0.3 is 4.90 Å². The van der Waals surface area contributed by atoms with Crippen LogP contribution in [0.3, 0.4) is 0 Å². The minimum atomic E-state index is 1.20. The second-order valence-electron chi connectivity index (χ2n) is 3.77. The van der Waals surface area contributed by atoms with Crippen LogP contribution >= 0.6 is 0 Å². The van der Waals surface area contributed by atoms with Gasteiger partial charge >= 0.3 is 0 Å². The maximum absolute atomic E-state index is 2.42. The molecule has 0 spiro atoms. The van der Waals surface area contributed by atoms with E-state index >= 15 is 0 Å². The van der Waals surface area contributed by atoms with Gasteiger partial charge in [-0.2, -0.15) is 0 Å². The fraction of sp³-hybridized carbons (Fsp3) is 0.500. The third kappa shape index (κ3) is 2.48. The molecule has 0 radical (unpaired) electrons. The van der Waals surface area contributed by atoms with E-state index in [-0.39, 0.29) is 0 Å². The van der Waals surface area contributed by atoms with Gasteiger partial charge in [0.15, 0.2) is 0 Å². The molecule has 1 fully saturated rings. The molecule has 1 nitrogen and oxygen atoms in total. The lowest BCUT2D eigenvalue weighted by atomic mass is 10.1. The summed E-state index contributed by atoms with van der Waals surface area (Å²) in [5.41, 5.74) is 1.47. The van der Waals surface area contributed by atoms with E-state index < -0.39 is 0 Å². The molecule has 0 bridgehead atoms. The standard InChI is InChI=1S/C12H17N/c1-2-6-12(7-3-1)8-11-13-9-4-5-10-13/h1-2,6,8,11H,3-5,7,9-10H2/b11-8+. The van der Waals surface area contributed by atoms with Gasteiger partial charge in [0.05, 0.1) is 0 Å². The third-order valence-electron chi connectivity index (χ3n) is 2.69. The number of likely N-dealkylation sites (tertiary alicyclic amines) is 1. The summed E-state index contributed by atoms with van der Waals surface area (Å²) < 4.78 is 0. The minimum Gasteiger partial charge on any atom is -0.377 e. The molecule has 2 rings (SSSR count). The van der Waals surface area contributed by atoms with Crippen molar-refractivity contribution in [1.82, 2.24) is 4.90 Å². The van der Waals surface area contributed by atoms with Crippen molar-refractivity contribution in [2.45, 2.75) is 25.7 Å². The Morgan fingerprint density at radius 1 is 1.23 bits per heavy atom. The highest BCUT2D eigenvalue weighted by Gasteiger charge is 2.06. The van der Waals surface area contributed by atoms with E-state index in [1.807, 2.05) is 0 Å². The summed E-state index contributed by atoms with van der Waals surface area (Å²) in [6, 6.07) is 0. The second kappa shape index (κ2) is 4.31. The lowest BCUT2D eigenvalue weighted by Gasteiger charge is -2.11. The highest BCUT2D eigenvalue weighted by atomic mass is 15.1. The van der Waals surface area contributed by atoms with Crippen molar-refractivity contribution >= 4 is 0 Å². The van der Waals surface area contributed by atoms with Gasteiger partial charge in [-0.15, -0.1) is 0 Å². The Morgan fingerprint density at radius 3 is 2.77 bits per heavy atom. The summed E-state index contributed by atoms with van der Waals surface area (Å²) in [5.74, 6) is 0. The number of allylic oxidation sites excluding steroid dienone is 5. The molecule has 1 saturated heterocycles. The number of hydrogen-bond donors (Lipinski definition) is 0. The van der Waals surface area contributed by atoms with E-state index in [2.05, 4.69) is 35.4 Å². The monoisotopic (exact) mass is 175 g/mol. The average Bonchev–Trinajstić information content (AvgIpc) is 2.69. The zero-order valence-electron chi connectivity index (χ0n) is 8.08. The molecule has 0 atom stereocenters. The predicted octanol–water partition coefficient (Wildman–Crippen LogP) is 2.87. The summed E-state index contributed by atoms with van der Waals surface area (Å²) in [4.78, 5) is 2.42. The summed E-state index contributed by atoms with van der Waals surface area (Å²) in [5, 5.41) is 0. The van der Waals surface area contributed by atoms with Gasteiger partial charge in [-0.05, 0) is 43.5 Å². The molecule has 1 aliphatic heterocycles. The zero-order valence-corrected chi connectivity index (χ0v) is 8.08. The molecule has 1 heteroatoms. The molecule has 13 heavy (non-hydrogen) atoms. The Hall–Kier alpha value is -0.980. The van der Waals surface area contributed by atoms with E-state index in [1.54, 1.807) is 0 Å². The van der Waals surface area contributed by atoms with Crippen molar-refractivity contribution in [3.63, 3.8) is 0 Å². The van der Waals surface area contributed by atoms with E-state index in [9.17, 15) is 0 Å². The molecule has 1 aliphatic carbocycles. The average molecular weight is 175 g/mol. The van der Waals surface area contributed by atoms with Crippen molar-refractivity contribution < 1.29 is 0 Å². The Kier molecular flexibility index (Phi) is 2.86. The first kappa shape index (κ1) is 8.61. The van der Waals surface area contributed by atoms with Crippen LogP contribution in [0.4, 0.5) is 0 Å². The van der Waals surface area contributed by atoms with Crippen LogP contribution in [-0.2, 0) is 0 Å². The van der Waals surface area contributed by atoms with Crippen LogP contribution in [0.5, 0.6) is 0 Å². The van der Waals surface area contributed by atoms with Crippen LogP contribution in [0.1, 0.15) is 25.7 Å². The molecule has 0 N–H and O–H groups in total. The normalized spacial score (nSPS) is 22.8. The van der Waals surface area contributed by atoms with Crippen LogP contribution in [-0.4, -0.2) is 18.0 Å². The van der Waals surface area contributed by atoms with E-state index in [0.717, 1.165) is 0 Å². The number of nitrogens with zero attached hydrogens (tertiary/aromatic N) is 1. The second-order valence-corrected chi connectivity index (χ2v) is 3.77. The minimum absolute atomic E-state index is 1.20. The first-order valence-electron chi connectivity index (χ1n) is 5.23. The summed E-state index contributed by atoms with van der Waals surface area (Å²) >= 11 is 0. The maximum Gasteiger partial charge on any atom is 0.0173 e. The molecule has 0 unspecified atom stereocenters. The number of rotatable bonds is 2. The molecule has 0 aromatic carbocycles. The Bertz CT molecular complexity index is 242. The first-order chi connectivity index (χ1) is 6.45. The predicted molar refractivity (Wildman–Crippen MR) is 56.4 cm³/mol. The maximum atomic E-state index is 2.42. The molecule has 1 heterocycles. The van der Waals surface area contributed by atoms with Crippen LogP contribution in [0.15, 0.2) is 36.1 Å². The van der Waals surface area contributed by atoms with Gasteiger partial charge in [-0.1, -0.05) is 18.2 Å². The number of hydrogen-bond acceptors (Lipinski definition) is 1. The third-order valence-corrected chi connectivity index (χ3v) is 2.69. The van der Waals surface area contributed by atoms with Crippen LogP contribution in [0.2, 0.25) is 0 Å². The van der Waals surface area contributed by atoms with Gasteiger partial charge in [0.25, 0.3) is 0 Å². The molecule has 70 valence electrons. The molecule has 0 aromatic rings. The van der Waals surface area contributed by atoms with Crippen molar-refractivity contribution in [2.24, 2.45) is 0 Å². The van der Waals surface area contributed by atoms with Gasteiger partial charge in [0, 0.05) is 13.1 Å². The smallest absolute Gasteiger partial charge is 0.0173 e. The quantitative estimate of drug-likeness (QED) is 0.623. The van der Waals surface area contributed by atoms with Gasteiger partial charge in [0.1, 0.15) is 0 Å². The van der Waals surface area contributed by atoms with E-state index in [0.29, 0.717) is 0 Å². The van der Waals surface area contributed by atoms with Crippen LogP contribution in [0.25, 0.3) is 0 Å². The molecular weight excluding hydrogens is 158 g/mol. The van der Waals surface area contributed by atoms with Crippen molar-refractivity contribution in [1.29, 1.82) is 0 Å². The lowest BCUT2D eigenvalue weighted by molar-refractivity contribution is 0.467. The van der Waals surface area contributed by atoms with Gasteiger partial charge in [0.2, 0.25) is 0 Å². The molecule has 2 aliphatic rings. The first-order valence-corrected chi connectivity index (χ1v) is 5.23. The van der Waals surface area contributed by atoms with Crippen molar-refractivity contribution in [3.05, 3.63) is 36.1 Å². The van der Waals surface area contributed by atoms with Crippen LogP contribution < -0.4 is 0 Å². The van der Waals surface area contributed by atoms with Crippen molar-refractivity contribution in [2.75, 3.05) is 13.1 Å². The van der Waals surface area contributed by atoms with Gasteiger partial charge in [-0.3, -0.25) is 0 Å². The lowest BCUT2D eigenvalue weighted by Crippen LogP contribution is -2.10. The zero-order chi connectivity index (χ0) is 8.93. The molecular formula is C12H17N. The van der Waals surface area contributed by atoms with Crippen LogP contribution in [0, 0.1) is 0 Å². The molecule has 0 amide bonds. The highest BCUT2D eigenvalue weighted by Crippen LogP contribution is 2.14. The van der Waals surface area contributed by atoms with E-state index in [4.69, 9.17) is 0 Å². The Balaban J connectivity index is 1.88. The molecule has 0 aromatic heterocycles. The summed E-state index contributed by atoms with van der Waals surface area (Å²) in [6.45, 7) is 2.50. The topological polar surface area (TPSA) is 3.24 Å². The fourth-order valence-corrected chi connectivity index (χ4v) is 1.85. The van der Waals surface area contributed by atoms with E-state index in [1.165, 1.54) is 44.3 Å². The van der Waals surface area contributed by atoms with Gasteiger partial charge in [-0.25, -0.2) is 0 Å². The summed E-state index contributed by atoms with van der Waals surface area (Å²) in [6.07, 6.45) is 16.3.